The summed E-state index contributed by atoms with van der Waals surface area (Å²) in [5, 5.41) is 0. The van der Waals surface area contributed by atoms with Gasteiger partial charge in [0.15, 0.2) is 0 Å². The van der Waals surface area contributed by atoms with Crippen molar-refractivity contribution in [2.45, 2.75) is 13.8 Å². The van der Waals surface area contributed by atoms with E-state index in [1.54, 1.807) is 18.2 Å². The smallest absolute Gasteiger partial charge is 0.343 e. The molecule has 0 N–H and O–H groups in total. The van der Waals surface area contributed by atoms with Crippen molar-refractivity contribution in [3.05, 3.63) is 67.2 Å². The first-order valence-corrected chi connectivity index (χ1v) is 10.2. The number of rotatable bonds is 4. The van der Waals surface area contributed by atoms with Crippen LogP contribution in [0, 0.1) is 3.57 Å². The predicted octanol–water partition coefficient (Wildman–Crippen LogP) is 4.89. The van der Waals surface area contributed by atoms with Gasteiger partial charge in [-0.15, -0.1) is 0 Å². The van der Waals surface area contributed by atoms with Gasteiger partial charge in [0.05, 0.1) is 9.14 Å². The lowest BCUT2D eigenvalue weighted by molar-refractivity contribution is -0.132. The fourth-order valence-electron chi connectivity index (χ4n) is 2.55. The fourth-order valence-corrected chi connectivity index (χ4v) is 3.42. The molecule has 0 bridgehead atoms. The molecule has 0 aliphatic carbocycles. The van der Waals surface area contributed by atoms with Crippen LogP contribution < -0.4 is 9.47 Å². The van der Waals surface area contributed by atoms with E-state index in [2.05, 4.69) is 15.9 Å². The summed E-state index contributed by atoms with van der Waals surface area (Å²) >= 11 is 5.36. The minimum Gasteiger partial charge on any atom is -0.426 e. The molecule has 0 amide bonds. The first-order chi connectivity index (χ1) is 13.7. The minimum absolute atomic E-state index is 0.167. The number of esters is 3. The second-order valence-electron chi connectivity index (χ2n) is 6.01. The quantitative estimate of drug-likeness (QED) is 0.226. The zero-order chi connectivity index (χ0) is 21.1. The lowest BCUT2D eigenvalue weighted by Crippen LogP contribution is -2.07. The van der Waals surface area contributed by atoms with E-state index in [4.69, 9.17) is 14.2 Å². The largest absolute Gasteiger partial charge is 0.426 e. The van der Waals surface area contributed by atoms with Crippen LogP contribution in [0.15, 0.2) is 52.5 Å². The van der Waals surface area contributed by atoms with E-state index < -0.39 is 17.9 Å². The van der Waals surface area contributed by atoms with Crippen LogP contribution in [0.3, 0.4) is 0 Å². The number of hydrogen-bond acceptors (Lipinski definition) is 6. The van der Waals surface area contributed by atoms with Crippen LogP contribution in [-0.2, 0) is 19.1 Å². The SMILES string of the molecule is CC(=O)Oc1cc(OC(C)=O)c(/C=C2\C=C(c3ccc(Br)cc3)OC2=O)cc1I. The van der Waals surface area contributed by atoms with E-state index in [1.165, 1.54) is 19.9 Å². The van der Waals surface area contributed by atoms with Crippen molar-refractivity contribution < 1.29 is 28.6 Å². The monoisotopic (exact) mass is 568 g/mol. The van der Waals surface area contributed by atoms with Crippen LogP contribution in [0.5, 0.6) is 11.5 Å². The van der Waals surface area contributed by atoms with Crippen molar-refractivity contribution in [3.63, 3.8) is 0 Å². The molecule has 0 radical (unpaired) electrons. The minimum atomic E-state index is -0.542. The maximum Gasteiger partial charge on any atom is 0.343 e. The van der Waals surface area contributed by atoms with Crippen molar-refractivity contribution in [1.29, 1.82) is 0 Å². The second kappa shape index (κ2) is 8.91. The van der Waals surface area contributed by atoms with Crippen molar-refractivity contribution >= 4 is 68.3 Å². The highest BCUT2D eigenvalue weighted by molar-refractivity contribution is 14.1. The number of carbonyl (C=O) groups is 3. The van der Waals surface area contributed by atoms with Gasteiger partial charge in [-0.1, -0.05) is 28.1 Å². The Morgan fingerprint density at radius 2 is 1.66 bits per heavy atom. The third kappa shape index (κ3) is 5.33. The van der Waals surface area contributed by atoms with Crippen molar-refractivity contribution in [2.24, 2.45) is 0 Å². The first-order valence-electron chi connectivity index (χ1n) is 8.35. The normalized spacial score (nSPS) is 14.4. The zero-order valence-corrected chi connectivity index (χ0v) is 19.1. The molecule has 29 heavy (non-hydrogen) atoms. The summed E-state index contributed by atoms with van der Waals surface area (Å²) in [5.41, 5.74) is 1.53. The van der Waals surface area contributed by atoms with Gasteiger partial charge in [-0.25, -0.2) is 4.79 Å². The number of ether oxygens (including phenoxy) is 3. The maximum atomic E-state index is 12.3. The van der Waals surface area contributed by atoms with Gasteiger partial charge in [0.1, 0.15) is 17.3 Å². The first kappa shape index (κ1) is 21.3. The molecule has 3 rings (SSSR count). The van der Waals surface area contributed by atoms with E-state index >= 15 is 0 Å². The molecule has 1 heterocycles. The van der Waals surface area contributed by atoms with Crippen molar-refractivity contribution in [3.8, 4) is 11.5 Å². The topological polar surface area (TPSA) is 78.9 Å². The fraction of sp³-hybridized carbons (Fsp3) is 0.0952. The summed E-state index contributed by atoms with van der Waals surface area (Å²) in [6.45, 7) is 2.54. The third-order valence-electron chi connectivity index (χ3n) is 3.74. The summed E-state index contributed by atoms with van der Waals surface area (Å²) in [5.74, 6) is -0.703. The Morgan fingerprint density at radius 3 is 2.28 bits per heavy atom. The van der Waals surface area contributed by atoms with E-state index in [0.717, 1.165) is 10.0 Å². The number of hydrogen-bond donors (Lipinski definition) is 0. The molecule has 0 saturated carbocycles. The molecule has 0 unspecified atom stereocenters. The number of halogens is 2. The molecule has 0 saturated heterocycles. The molecule has 1 aliphatic rings. The highest BCUT2D eigenvalue weighted by Crippen LogP contribution is 2.34. The number of cyclic esters (lactones) is 1. The lowest BCUT2D eigenvalue weighted by Gasteiger charge is -2.11. The highest BCUT2D eigenvalue weighted by Gasteiger charge is 2.23. The zero-order valence-electron chi connectivity index (χ0n) is 15.3. The second-order valence-corrected chi connectivity index (χ2v) is 8.09. The van der Waals surface area contributed by atoms with Crippen LogP contribution in [0.2, 0.25) is 0 Å². The van der Waals surface area contributed by atoms with Gasteiger partial charge in [0.2, 0.25) is 0 Å². The average Bonchev–Trinajstić information content (AvgIpc) is 2.99. The summed E-state index contributed by atoms with van der Waals surface area (Å²) in [6.07, 6.45) is 3.18. The van der Waals surface area contributed by atoms with Crippen LogP contribution in [0.25, 0.3) is 11.8 Å². The Balaban J connectivity index is 2.02. The van der Waals surface area contributed by atoms with E-state index in [0.29, 0.717) is 20.5 Å². The number of benzene rings is 2. The third-order valence-corrected chi connectivity index (χ3v) is 5.11. The van der Waals surface area contributed by atoms with Gasteiger partial charge >= 0.3 is 17.9 Å². The molecule has 1 aliphatic heterocycles. The Bertz CT molecular complexity index is 1070. The molecule has 0 spiro atoms. The van der Waals surface area contributed by atoms with E-state index in [9.17, 15) is 14.4 Å². The van der Waals surface area contributed by atoms with Crippen LogP contribution in [0.1, 0.15) is 25.0 Å². The Kier molecular flexibility index (Phi) is 6.53. The van der Waals surface area contributed by atoms with Crippen LogP contribution >= 0.6 is 38.5 Å². The van der Waals surface area contributed by atoms with E-state index in [1.807, 2.05) is 46.9 Å². The molecule has 2 aromatic carbocycles. The molecule has 0 aromatic heterocycles. The molecule has 0 atom stereocenters. The van der Waals surface area contributed by atoms with Gasteiger partial charge in [-0.05, 0) is 52.9 Å². The molecule has 2 aromatic rings. The average molecular weight is 569 g/mol. The van der Waals surface area contributed by atoms with E-state index in [-0.39, 0.29) is 11.5 Å². The molecular formula is C21H14BrIO6. The van der Waals surface area contributed by atoms with Gasteiger partial charge in [0.25, 0.3) is 0 Å². The maximum absolute atomic E-state index is 12.3. The molecule has 148 valence electrons. The van der Waals surface area contributed by atoms with Crippen LogP contribution in [0.4, 0.5) is 0 Å². The van der Waals surface area contributed by atoms with Crippen molar-refractivity contribution in [2.75, 3.05) is 0 Å². The molecule has 6 nitrogen and oxygen atoms in total. The standard InChI is InChI=1S/C21H14BrIO6/c1-11(24)27-19-10-20(28-12(2)25)17(23)8-14(19)7-15-9-18(29-21(15)26)13-3-5-16(22)6-4-13/h3-10H,1-2H3/b15-7+. The molecule has 0 fully saturated rings. The van der Waals surface area contributed by atoms with Crippen molar-refractivity contribution in [1.82, 2.24) is 0 Å². The summed E-state index contributed by atoms with van der Waals surface area (Å²) in [7, 11) is 0. The Hall–Kier alpha value is -2.46. The highest BCUT2D eigenvalue weighted by atomic mass is 127. The van der Waals surface area contributed by atoms with Crippen LogP contribution in [-0.4, -0.2) is 17.9 Å². The Labute approximate surface area is 188 Å². The summed E-state index contributed by atoms with van der Waals surface area (Å²) in [4.78, 5) is 35.1. The van der Waals surface area contributed by atoms with Gasteiger partial charge < -0.3 is 14.2 Å². The van der Waals surface area contributed by atoms with Gasteiger partial charge in [0, 0.05) is 35.5 Å². The van der Waals surface area contributed by atoms with Gasteiger partial charge in [-0.3, -0.25) is 9.59 Å². The molecule has 8 heteroatoms. The Morgan fingerprint density at radius 1 is 1.03 bits per heavy atom. The molecular weight excluding hydrogens is 555 g/mol. The number of carbonyl (C=O) groups excluding carboxylic acids is 3. The summed E-state index contributed by atoms with van der Waals surface area (Å²) < 4.78 is 17.3. The predicted molar refractivity (Wildman–Crippen MR) is 118 cm³/mol. The van der Waals surface area contributed by atoms with Gasteiger partial charge in [-0.2, -0.15) is 0 Å². The lowest BCUT2D eigenvalue weighted by atomic mass is 10.1. The summed E-state index contributed by atoms with van der Waals surface area (Å²) in [6, 6.07) is 10.4.